The van der Waals surface area contributed by atoms with Crippen molar-refractivity contribution < 1.29 is 28.9 Å². The molecule has 0 atom stereocenters. The van der Waals surface area contributed by atoms with Crippen molar-refractivity contribution >= 4 is 11.0 Å². The number of hydrogen-bond acceptors (Lipinski definition) is 6. The summed E-state index contributed by atoms with van der Waals surface area (Å²) in [4.78, 5) is 12.0. The van der Waals surface area contributed by atoms with Gasteiger partial charge in [-0.3, -0.25) is 4.79 Å². The van der Waals surface area contributed by atoms with Gasteiger partial charge in [0.25, 0.3) is 0 Å². The lowest BCUT2D eigenvalue weighted by Gasteiger charge is -2.16. The van der Waals surface area contributed by atoms with Gasteiger partial charge in [0.05, 0.1) is 0 Å². The molecule has 164 valence electrons. The van der Waals surface area contributed by atoms with Crippen LogP contribution in [0.2, 0.25) is 0 Å². The molecule has 1 aliphatic heterocycles. The van der Waals surface area contributed by atoms with E-state index in [-0.39, 0.29) is 35.3 Å². The summed E-state index contributed by atoms with van der Waals surface area (Å²) in [5.41, 5.74) is 2.10. The second-order valence-electron chi connectivity index (χ2n) is 7.57. The zero-order valence-electron chi connectivity index (χ0n) is 17.1. The van der Waals surface area contributed by atoms with E-state index in [0.717, 1.165) is 0 Å². The number of benzene rings is 4. The van der Waals surface area contributed by atoms with Crippen molar-refractivity contribution in [1.82, 2.24) is 0 Å². The van der Waals surface area contributed by atoms with Gasteiger partial charge in [-0.15, -0.1) is 0 Å². The zero-order chi connectivity index (χ0) is 23.1. The third-order valence-corrected chi connectivity index (χ3v) is 5.33. The monoisotopic (exact) mass is 444 g/mol. The Morgan fingerprint density at radius 3 is 2.36 bits per heavy atom. The summed E-state index contributed by atoms with van der Waals surface area (Å²) >= 11 is 0. The maximum Gasteiger partial charge on any atom is 0.223 e. The number of phenolic OH excluding ortho intramolecular Hbond substituents is 3. The Hall–Kier alpha value is -4.52. The molecule has 7 heteroatoms. The number of fused-ring (bicyclic) bond motifs is 2. The molecule has 0 spiro atoms. The molecule has 5 rings (SSSR count). The smallest absolute Gasteiger partial charge is 0.223 e. The van der Waals surface area contributed by atoms with E-state index in [2.05, 4.69) is 0 Å². The first kappa shape index (κ1) is 20.4. The topological polar surface area (TPSA) is 100 Å². The Labute approximate surface area is 186 Å². The highest BCUT2D eigenvalue weighted by atomic mass is 19.1. The van der Waals surface area contributed by atoms with Gasteiger partial charge < -0.3 is 24.5 Å². The molecule has 0 unspecified atom stereocenters. The van der Waals surface area contributed by atoms with Crippen molar-refractivity contribution in [3.8, 4) is 45.4 Å². The molecule has 0 fully saturated rings. The van der Waals surface area contributed by atoms with E-state index in [1.165, 1.54) is 36.4 Å². The number of hydrogen-bond donors (Lipinski definition) is 3. The molecule has 3 N–H and O–H groups in total. The predicted molar refractivity (Wildman–Crippen MR) is 120 cm³/mol. The third kappa shape index (κ3) is 3.80. The van der Waals surface area contributed by atoms with E-state index < -0.39 is 11.2 Å². The molecule has 0 bridgehead atoms. The fourth-order valence-corrected chi connectivity index (χ4v) is 3.75. The van der Waals surface area contributed by atoms with Gasteiger partial charge in [0.15, 0.2) is 17.2 Å². The fraction of sp³-hybridized carbons (Fsp3) is 0.0385. The number of phenols is 3. The SMILES string of the molecule is O=c1cc2oc3cc(O)c(O)cc3c(-c3ccc(OCc4cccc(F)c4)cc3)c-2cc1O. The highest BCUT2D eigenvalue weighted by Gasteiger charge is 2.20. The molecule has 0 saturated heterocycles. The van der Waals surface area contributed by atoms with Crippen LogP contribution in [0.5, 0.6) is 23.0 Å². The standard InChI is InChI=1S/C26H17FO6/c27-16-3-1-2-14(8-16)13-32-17-6-4-15(5-7-17)26-18-9-20(28)22(30)11-24(18)33-25-12-23(31)21(29)10-19(25)26/h1-12,28-30H,13H2. The molecule has 1 heterocycles. The first-order valence-electron chi connectivity index (χ1n) is 10.0. The van der Waals surface area contributed by atoms with Crippen LogP contribution in [0, 0.1) is 5.82 Å². The van der Waals surface area contributed by atoms with E-state index >= 15 is 0 Å². The van der Waals surface area contributed by atoms with Crippen LogP contribution in [0.25, 0.3) is 33.4 Å². The number of halogens is 1. The van der Waals surface area contributed by atoms with Gasteiger partial charge in [0.2, 0.25) is 5.43 Å². The van der Waals surface area contributed by atoms with E-state index in [1.54, 1.807) is 36.4 Å². The van der Waals surface area contributed by atoms with Crippen LogP contribution >= 0.6 is 0 Å². The zero-order valence-corrected chi connectivity index (χ0v) is 17.1. The first-order chi connectivity index (χ1) is 15.9. The lowest BCUT2D eigenvalue weighted by molar-refractivity contribution is 0.305. The van der Waals surface area contributed by atoms with Crippen LogP contribution in [0.3, 0.4) is 0 Å². The van der Waals surface area contributed by atoms with Crippen molar-refractivity contribution in [3.63, 3.8) is 0 Å². The lowest BCUT2D eigenvalue weighted by Crippen LogP contribution is -2.01. The molecule has 3 aromatic carbocycles. The summed E-state index contributed by atoms with van der Waals surface area (Å²) in [6.45, 7) is 0.195. The molecule has 1 aliphatic carbocycles. The van der Waals surface area contributed by atoms with Crippen molar-refractivity contribution in [1.29, 1.82) is 0 Å². The predicted octanol–water partition coefficient (Wildman–Crippen LogP) is 5.40. The summed E-state index contributed by atoms with van der Waals surface area (Å²) in [5, 5.41) is 30.5. The van der Waals surface area contributed by atoms with Crippen molar-refractivity contribution in [2.24, 2.45) is 0 Å². The Morgan fingerprint density at radius 2 is 1.61 bits per heavy atom. The van der Waals surface area contributed by atoms with Crippen LogP contribution in [0.1, 0.15) is 5.56 Å². The van der Waals surface area contributed by atoms with Gasteiger partial charge in [-0.1, -0.05) is 24.3 Å². The minimum atomic E-state index is -0.597. The van der Waals surface area contributed by atoms with Gasteiger partial charge in [-0.05, 0) is 47.5 Å². The van der Waals surface area contributed by atoms with E-state index in [9.17, 15) is 24.5 Å². The summed E-state index contributed by atoms with van der Waals surface area (Å²) in [6, 6.07) is 18.3. The van der Waals surface area contributed by atoms with Crippen LogP contribution in [-0.2, 0) is 6.61 Å². The van der Waals surface area contributed by atoms with Crippen LogP contribution < -0.4 is 10.2 Å². The third-order valence-electron chi connectivity index (χ3n) is 5.33. The maximum atomic E-state index is 13.4. The second-order valence-corrected chi connectivity index (χ2v) is 7.57. The normalized spacial score (nSPS) is 11.2. The van der Waals surface area contributed by atoms with Crippen LogP contribution in [0.15, 0.2) is 82.0 Å². The number of ether oxygens (including phenoxy) is 1. The quantitative estimate of drug-likeness (QED) is 0.254. The summed E-state index contributed by atoms with van der Waals surface area (Å²) in [7, 11) is 0. The van der Waals surface area contributed by atoms with E-state index in [0.29, 0.717) is 33.4 Å². The van der Waals surface area contributed by atoms with Crippen LogP contribution in [0.4, 0.5) is 4.39 Å². The van der Waals surface area contributed by atoms with Gasteiger partial charge in [0, 0.05) is 28.6 Å². The highest BCUT2D eigenvalue weighted by molar-refractivity contribution is 6.03. The molecule has 6 nitrogen and oxygen atoms in total. The van der Waals surface area contributed by atoms with E-state index in [4.69, 9.17) is 9.15 Å². The molecule has 2 aliphatic rings. The fourth-order valence-electron chi connectivity index (χ4n) is 3.75. The van der Waals surface area contributed by atoms with Gasteiger partial charge in [-0.25, -0.2) is 4.39 Å². The Morgan fingerprint density at radius 1 is 0.848 bits per heavy atom. The highest BCUT2D eigenvalue weighted by Crippen LogP contribution is 2.44. The lowest BCUT2D eigenvalue weighted by atomic mass is 9.93. The summed E-state index contributed by atoms with van der Waals surface area (Å²) in [6.07, 6.45) is 0. The van der Waals surface area contributed by atoms with Crippen LogP contribution in [-0.4, -0.2) is 15.3 Å². The minimum absolute atomic E-state index is 0.195. The second kappa shape index (κ2) is 7.87. The number of rotatable bonds is 4. The largest absolute Gasteiger partial charge is 0.504 e. The minimum Gasteiger partial charge on any atom is -0.504 e. The van der Waals surface area contributed by atoms with Gasteiger partial charge in [-0.2, -0.15) is 0 Å². The van der Waals surface area contributed by atoms with Crippen molar-refractivity contribution in [2.45, 2.75) is 6.61 Å². The average Bonchev–Trinajstić information content (AvgIpc) is 2.79. The molecule has 3 aromatic rings. The molecule has 0 amide bonds. The molecule has 33 heavy (non-hydrogen) atoms. The average molecular weight is 444 g/mol. The Bertz CT molecular complexity index is 1520. The molecular weight excluding hydrogens is 427 g/mol. The number of aromatic hydroxyl groups is 3. The summed E-state index contributed by atoms with van der Waals surface area (Å²) in [5.74, 6) is -0.689. The Kier molecular flexibility index (Phi) is 4.86. The Balaban J connectivity index is 1.60. The van der Waals surface area contributed by atoms with Crippen molar-refractivity contribution in [3.05, 3.63) is 94.4 Å². The van der Waals surface area contributed by atoms with E-state index in [1.807, 2.05) is 0 Å². The molecule has 0 radical (unpaired) electrons. The molecular formula is C26H17FO6. The maximum absolute atomic E-state index is 13.4. The van der Waals surface area contributed by atoms with Gasteiger partial charge in [0.1, 0.15) is 29.5 Å². The molecule has 0 aromatic heterocycles. The first-order valence-corrected chi connectivity index (χ1v) is 10.0. The van der Waals surface area contributed by atoms with Gasteiger partial charge >= 0.3 is 0 Å². The molecule has 0 saturated carbocycles. The van der Waals surface area contributed by atoms with Crippen molar-refractivity contribution in [2.75, 3.05) is 0 Å². The summed E-state index contributed by atoms with van der Waals surface area (Å²) < 4.78 is 24.9.